The summed E-state index contributed by atoms with van der Waals surface area (Å²) >= 11 is 0. The smallest absolute Gasteiger partial charge is 0.326 e. The Morgan fingerprint density at radius 1 is 1.21 bits per heavy atom. The second-order valence-corrected chi connectivity index (χ2v) is 4.20. The molecular weight excluding hydrogens is 246 g/mol. The van der Waals surface area contributed by atoms with Gasteiger partial charge in [0.15, 0.2) is 0 Å². The van der Waals surface area contributed by atoms with Crippen LogP contribution in [0.15, 0.2) is 24.3 Å². The second-order valence-electron chi connectivity index (χ2n) is 4.20. The molecule has 0 radical (unpaired) electrons. The van der Waals surface area contributed by atoms with Crippen LogP contribution in [0.4, 0.5) is 0 Å². The number of nitrogens with two attached hydrogens (primary N) is 2. The largest absolute Gasteiger partial charge is 0.480 e. The van der Waals surface area contributed by atoms with Crippen molar-refractivity contribution in [2.75, 3.05) is 6.54 Å². The molecule has 0 aromatic heterocycles. The minimum Gasteiger partial charge on any atom is -0.480 e. The Morgan fingerprint density at radius 3 is 2.32 bits per heavy atom. The highest BCUT2D eigenvalue weighted by Crippen LogP contribution is 2.05. The van der Waals surface area contributed by atoms with Gasteiger partial charge in [0.2, 0.25) is 0 Å². The van der Waals surface area contributed by atoms with Crippen LogP contribution in [-0.4, -0.2) is 29.6 Å². The van der Waals surface area contributed by atoms with E-state index in [9.17, 15) is 9.59 Å². The monoisotopic (exact) mass is 265 g/mol. The molecule has 1 unspecified atom stereocenters. The van der Waals surface area contributed by atoms with Crippen LogP contribution in [0.3, 0.4) is 0 Å². The van der Waals surface area contributed by atoms with E-state index in [4.69, 9.17) is 16.6 Å². The van der Waals surface area contributed by atoms with Crippen LogP contribution in [0, 0.1) is 0 Å². The molecule has 0 bridgehead atoms. The average Bonchev–Trinajstić information content (AvgIpc) is 2.43. The molecule has 0 aliphatic carbocycles. The van der Waals surface area contributed by atoms with Crippen molar-refractivity contribution < 1.29 is 14.7 Å². The van der Waals surface area contributed by atoms with E-state index in [1.807, 2.05) is 0 Å². The van der Waals surface area contributed by atoms with E-state index in [0.717, 1.165) is 5.56 Å². The maximum Gasteiger partial charge on any atom is 0.326 e. The summed E-state index contributed by atoms with van der Waals surface area (Å²) in [5.74, 6) is -1.46. The summed E-state index contributed by atoms with van der Waals surface area (Å²) in [4.78, 5) is 22.9. The van der Waals surface area contributed by atoms with E-state index in [1.54, 1.807) is 24.3 Å². The first-order valence-corrected chi connectivity index (χ1v) is 6.11. The van der Waals surface area contributed by atoms with E-state index in [1.165, 1.54) is 0 Å². The molecule has 19 heavy (non-hydrogen) atoms. The van der Waals surface area contributed by atoms with Crippen LogP contribution in [-0.2, 0) is 11.3 Å². The van der Waals surface area contributed by atoms with Crippen LogP contribution in [0.1, 0.15) is 28.8 Å². The van der Waals surface area contributed by atoms with E-state index < -0.39 is 17.9 Å². The molecule has 0 aliphatic heterocycles. The molecule has 1 rings (SSSR count). The number of hydrogen-bond donors (Lipinski definition) is 4. The lowest BCUT2D eigenvalue weighted by Gasteiger charge is -2.14. The molecule has 0 heterocycles. The van der Waals surface area contributed by atoms with E-state index in [2.05, 4.69) is 5.32 Å². The lowest BCUT2D eigenvalue weighted by atomic mass is 10.1. The molecule has 0 aliphatic rings. The van der Waals surface area contributed by atoms with Gasteiger partial charge >= 0.3 is 5.97 Å². The number of carboxylic acids is 1. The summed E-state index contributed by atoms with van der Waals surface area (Å²) in [6.45, 7) is 0.793. The first kappa shape index (κ1) is 15.1. The summed E-state index contributed by atoms with van der Waals surface area (Å²) in [6.07, 6.45) is 0.863. The summed E-state index contributed by atoms with van der Waals surface area (Å²) < 4.78 is 0. The highest BCUT2D eigenvalue weighted by molar-refractivity contribution is 5.96. The molecule has 6 nitrogen and oxygen atoms in total. The van der Waals surface area contributed by atoms with Crippen molar-refractivity contribution in [2.45, 2.75) is 25.4 Å². The van der Waals surface area contributed by atoms with Crippen molar-refractivity contribution in [1.82, 2.24) is 5.32 Å². The Bertz CT molecular complexity index is 431. The number of carbonyl (C=O) groups is 2. The Kier molecular flexibility index (Phi) is 5.98. The number of rotatable bonds is 7. The zero-order chi connectivity index (χ0) is 14.3. The minimum atomic E-state index is -1.06. The van der Waals surface area contributed by atoms with Gasteiger partial charge in [0.05, 0.1) is 0 Å². The van der Waals surface area contributed by atoms with Crippen molar-refractivity contribution in [2.24, 2.45) is 11.5 Å². The van der Waals surface area contributed by atoms with Crippen LogP contribution in [0.25, 0.3) is 0 Å². The van der Waals surface area contributed by atoms with Gasteiger partial charge in [-0.15, -0.1) is 0 Å². The minimum absolute atomic E-state index is 0.318. The molecule has 0 spiro atoms. The predicted molar refractivity (Wildman–Crippen MR) is 71.5 cm³/mol. The maximum absolute atomic E-state index is 11.9. The van der Waals surface area contributed by atoms with Gasteiger partial charge in [0, 0.05) is 12.1 Å². The van der Waals surface area contributed by atoms with Crippen molar-refractivity contribution in [3.8, 4) is 0 Å². The number of nitrogens with one attached hydrogen (secondary N) is 1. The highest BCUT2D eigenvalue weighted by Gasteiger charge is 2.19. The van der Waals surface area contributed by atoms with Gasteiger partial charge in [-0.3, -0.25) is 4.79 Å². The lowest BCUT2D eigenvalue weighted by molar-refractivity contribution is -0.139. The highest BCUT2D eigenvalue weighted by atomic mass is 16.4. The maximum atomic E-state index is 11.9. The first-order chi connectivity index (χ1) is 9.08. The van der Waals surface area contributed by atoms with Gasteiger partial charge in [0.1, 0.15) is 6.04 Å². The molecule has 1 aromatic rings. The molecule has 1 atom stereocenters. The summed E-state index contributed by atoms with van der Waals surface area (Å²) in [5.41, 5.74) is 12.1. The van der Waals surface area contributed by atoms with Crippen molar-refractivity contribution >= 4 is 11.9 Å². The van der Waals surface area contributed by atoms with E-state index >= 15 is 0 Å². The van der Waals surface area contributed by atoms with Gasteiger partial charge in [-0.2, -0.15) is 0 Å². The Morgan fingerprint density at radius 2 is 1.84 bits per heavy atom. The number of aliphatic carboxylic acids is 1. The summed E-state index contributed by atoms with van der Waals surface area (Å²) in [7, 11) is 0. The van der Waals surface area contributed by atoms with Crippen molar-refractivity contribution in [3.63, 3.8) is 0 Å². The molecule has 0 fully saturated rings. The van der Waals surface area contributed by atoms with Crippen LogP contribution < -0.4 is 16.8 Å². The SMILES string of the molecule is NCCCC(NC(=O)c1ccc(CN)cc1)C(=O)O. The standard InChI is InChI=1S/C13H19N3O3/c14-7-1-2-11(13(18)19)16-12(17)10-5-3-9(8-15)4-6-10/h3-6,11H,1-2,7-8,14-15H2,(H,16,17)(H,18,19). The zero-order valence-electron chi connectivity index (χ0n) is 10.6. The van der Waals surface area contributed by atoms with Gasteiger partial charge in [-0.25, -0.2) is 4.79 Å². The Balaban J connectivity index is 2.67. The summed E-state index contributed by atoms with van der Waals surface area (Å²) in [6, 6.07) is 5.82. The third-order valence-corrected chi connectivity index (χ3v) is 2.75. The second kappa shape index (κ2) is 7.50. The zero-order valence-corrected chi connectivity index (χ0v) is 10.6. The molecule has 1 aromatic carbocycles. The quantitative estimate of drug-likeness (QED) is 0.556. The number of carbonyl (C=O) groups excluding carboxylic acids is 1. The third-order valence-electron chi connectivity index (χ3n) is 2.75. The van der Waals surface area contributed by atoms with Gasteiger partial charge in [0.25, 0.3) is 5.91 Å². The van der Waals surface area contributed by atoms with Gasteiger partial charge in [-0.1, -0.05) is 12.1 Å². The molecule has 6 N–H and O–H groups in total. The average molecular weight is 265 g/mol. The summed E-state index contributed by atoms with van der Waals surface area (Å²) in [5, 5.41) is 11.5. The number of benzene rings is 1. The molecule has 0 saturated heterocycles. The fraction of sp³-hybridized carbons (Fsp3) is 0.385. The molecule has 0 saturated carbocycles. The van der Waals surface area contributed by atoms with Gasteiger partial charge < -0.3 is 21.9 Å². The number of hydrogen-bond acceptors (Lipinski definition) is 4. The topological polar surface area (TPSA) is 118 Å². The van der Waals surface area contributed by atoms with Crippen LogP contribution in [0.5, 0.6) is 0 Å². The normalized spacial score (nSPS) is 11.9. The number of amides is 1. The van der Waals surface area contributed by atoms with Crippen molar-refractivity contribution in [1.29, 1.82) is 0 Å². The molecule has 104 valence electrons. The molecular formula is C13H19N3O3. The van der Waals surface area contributed by atoms with Crippen LogP contribution >= 0.6 is 0 Å². The predicted octanol–water partition coefficient (Wildman–Crippen LogP) is 0.0672. The fourth-order valence-corrected chi connectivity index (χ4v) is 1.61. The number of carboxylic acid groups (broad SMARTS) is 1. The first-order valence-electron chi connectivity index (χ1n) is 6.11. The van der Waals surface area contributed by atoms with E-state index in [-0.39, 0.29) is 0 Å². The lowest BCUT2D eigenvalue weighted by Crippen LogP contribution is -2.41. The fourth-order valence-electron chi connectivity index (χ4n) is 1.61. The Labute approximate surface area is 111 Å². The molecule has 1 amide bonds. The molecule has 6 heteroatoms. The van der Waals surface area contributed by atoms with E-state index in [0.29, 0.717) is 31.5 Å². The third kappa shape index (κ3) is 4.69. The van der Waals surface area contributed by atoms with Gasteiger partial charge in [-0.05, 0) is 37.1 Å². The van der Waals surface area contributed by atoms with Crippen LogP contribution in [0.2, 0.25) is 0 Å². The Hall–Kier alpha value is -1.92. The van der Waals surface area contributed by atoms with Crippen molar-refractivity contribution in [3.05, 3.63) is 35.4 Å².